The largest absolute Gasteiger partial charge is 0.472 e. The lowest BCUT2D eigenvalue weighted by atomic mass is 10.0. The average Bonchev–Trinajstić information content (AvgIpc) is 3.87. The smallest absolute Gasteiger partial charge is 0.462 e. The Morgan fingerprint density at radius 3 is 1.87 bits per heavy atom. The summed E-state index contributed by atoms with van der Waals surface area (Å²) in [5, 5.41) is 0. The molecule has 1 fully saturated rings. The molecule has 314 valence electrons. The third-order valence-corrected chi connectivity index (χ3v) is 10.3. The Kier molecular flexibility index (Phi) is 30.0. The van der Waals surface area contributed by atoms with E-state index in [1.165, 1.54) is 77.0 Å². The third kappa shape index (κ3) is 32.4. The van der Waals surface area contributed by atoms with Crippen LogP contribution in [0.3, 0.4) is 0 Å². The second-order valence-corrected chi connectivity index (χ2v) is 17.2. The van der Waals surface area contributed by atoms with Crippen LogP contribution in [-0.2, 0) is 37.4 Å². The number of esters is 2. The Balaban J connectivity index is 2.35. The molecular formula is C43H79NO9P+. The Morgan fingerprint density at radius 1 is 0.685 bits per heavy atom. The fourth-order valence-corrected chi connectivity index (χ4v) is 6.61. The van der Waals surface area contributed by atoms with Gasteiger partial charge >= 0.3 is 19.8 Å². The predicted molar refractivity (Wildman–Crippen MR) is 219 cm³/mol. The monoisotopic (exact) mass is 785 g/mol. The summed E-state index contributed by atoms with van der Waals surface area (Å²) in [6.45, 7) is 4.30. The van der Waals surface area contributed by atoms with Crippen LogP contribution in [0.25, 0.3) is 0 Å². The molecule has 0 spiro atoms. The van der Waals surface area contributed by atoms with Crippen molar-refractivity contribution in [3.05, 3.63) is 36.5 Å². The number of quaternary nitrogens is 1. The van der Waals surface area contributed by atoms with Crippen LogP contribution in [0.5, 0.6) is 0 Å². The molecule has 1 heterocycles. The fraction of sp³-hybridized carbons (Fsp3) is 0.814. The molecule has 1 rings (SSSR count). The Labute approximate surface area is 329 Å². The molecule has 0 radical (unpaired) electrons. The highest BCUT2D eigenvalue weighted by atomic mass is 31.2. The van der Waals surface area contributed by atoms with Crippen LogP contribution < -0.4 is 0 Å². The molecule has 1 saturated heterocycles. The summed E-state index contributed by atoms with van der Waals surface area (Å²) < 4.78 is 40.0. The standard InChI is InChI=1S/C43H78NO9P/c1-6-8-10-12-14-16-18-20-22-24-26-28-31-40-41(53-40)32-30-34-42(45)49-37-39(38-51-54(47,48)50-36-35-44(3,4)5)52-43(46)33-29-27-25-23-21-19-17-15-13-11-9-7-2/h14,16,20,22,26,28,39-41H,6-13,15,17-19,21,23-25,27,29-38H2,1-5H3/p+1/b16-14-,22-20-,28-26-/t39-,40?,41?/m1/s1. The first kappa shape index (κ1) is 50.2. The van der Waals surface area contributed by atoms with Crippen LogP contribution in [0.15, 0.2) is 36.5 Å². The van der Waals surface area contributed by atoms with Crippen LogP contribution in [0, 0.1) is 0 Å². The molecular weight excluding hydrogens is 705 g/mol. The summed E-state index contributed by atoms with van der Waals surface area (Å²) in [7, 11) is 1.44. The van der Waals surface area contributed by atoms with Gasteiger partial charge in [0.25, 0.3) is 0 Å². The number of nitrogens with zero attached hydrogens (tertiary/aromatic N) is 1. The van der Waals surface area contributed by atoms with Crippen LogP contribution in [0.4, 0.5) is 0 Å². The maximum Gasteiger partial charge on any atom is 0.472 e. The Bertz CT molecular complexity index is 1090. The minimum absolute atomic E-state index is 0.0201. The van der Waals surface area contributed by atoms with Crippen molar-refractivity contribution >= 4 is 19.8 Å². The van der Waals surface area contributed by atoms with Gasteiger partial charge in [0.1, 0.15) is 19.8 Å². The summed E-state index contributed by atoms with van der Waals surface area (Å²) >= 11 is 0. The first-order chi connectivity index (χ1) is 26.0. The normalized spacial score (nSPS) is 17.7. The topological polar surface area (TPSA) is 121 Å². The lowest BCUT2D eigenvalue weighted by Crippen LogP contribution is -2.37. The van der Waals surface area contributed by atoms with Crippen LogP contribution >= 0.6 is 7.82 Å². The molecule has 4 atom stereocenters. The van der Waals surface area contributed by atoms with E-state index < -0.39 is 32.5 Å². The number of likely N-dealkylation sites (N-methyl/N-ethyl adjacent to an activating group) is 1. The van der Waals surface area contributed by atoms with Crippen molar-refractivity contribution in [1.82, 2.24) is 0 Å². The van der Waals surface area contributed by atoms with Crippen molar-refractivity contribution in [1.29, 1.82) is 0 Å². The van der Waals surface area contributed by atoms with Crippen molar-refractivity contribution in [3.63, 3.8) is 0 Å². The van der Waals surface area contributed by atoms with E-state index in [0.717, 1.165) is 44.9 Å². The van der Waals surface area contributed by atoms with E-state index in [4.69, 9.17) is 23.3 Å². The highest BCUT2D eigenvalue weighted by Crippen LogP contribution is 2.43. The molecule has 11 heteroatoms. The molecule has 1 aliphatic rings. The lowest BCUT2D eigenvalue weighted by Gasteiger charge is -2.24. The summed E-state index contributed by atoms with van der Waals surface area (Å²) in [6.07, 6.45) is 36.4. The number of allylic oxidation sites excluding steroid dienone is 5. The first-order valence-electron chi connectivity index (χ1n) is 21.3. The zero-order valence-corrected chi connectivity index (χ0v) is 35.8. The number of epoxide rings is 1. The number of rotatable bonds is 37. The second-order valence-electron chi connectivity index (χ2n) is 15.8. The van der Waals surface area contributed by atoms with Gasteiger partial charge in [0.15, 0.2) is 6.10 Å². The molecule has 0 aromatic rings. The van der Waals surface area contributed by atoms with E-state index in [-0.39, 0.29) is 38.3 Å². The van der Waals surface area contributed by atoms with Gasteiger partial charge in [-0.2, -0.15) is 0 Å². The number of hydrogen-bond acceptors (Lipinski definition) is 8. The summed E-state index contributed by atoms with van der Waals surface area (Å²) in [4.78, 5) is 35.4. The van der Waals surface area contributed by atoms with E-state index in [0.29, 0.717) is 23.9 Å². The van der Waals surface area contributed by atoms with Gasteiger partial charge in [-0.3, -0.25) is 18.6 Å². The van der Waals surface area contributed by atoms with Gasteiger partial charge in [-0.25, -0.2) is 4.57 Å². The maximum atomic E-state index is 12.7. The van der Waals surface area contributed by atoms with E-state index in [2.05, 4.69) is 50.3 Å². The van der Waals surface area contributed by atoms with Crippen LogP contribution in [-0.4, -0.2) is 87.1 Å². The number of hydrogen-bond donors (Lipinski definition) is 1. The molecule has 54 heavy (non-hydrogen) atoms. The summed E-state index contributed by atoms with van der Waals surface area (Å²) in [5.41, 5.74) is 0. The van der Waals surface area contributed by atoms with Crippen molar-refractivity contribution in [3.8, 4) is 0 Å². The highest BCUT2D eigenvalue weighted by molar-refractivity contribution is 7.47. The van der Waals surface area contributed by atoms with Gasteiger partial charge in [0, 0.05) is 12.8 Å². The van der Waals surface area contributed by atoms with Crippen LogP contribution in [0.1, 0.15) is 162 Å². The molecule has 3 unspecified atom stereocenters. The number of carbonyl (C=O) groups is 2. The molecule has 0 aromatic heterocycles. The van der Waals surface area contributed by atoms with Crippen molar-refractivity contribution in [2.45, 2.75) is 180 Å². The number of ether oxygens (including phenoxy) is 3. The fourth-order valence-electron chi connectivity index (χ4n) is 5.86. The van der Waals surface area contributed by atoms with Gasteiger partial charge in [-0.05, 0) is 51.4 Å². The molecule has 0 bridgehead atoms. The highest BCUT2D eigenvalue weighted by Gasteiger charge is 2.36. The van der Waals surface area contributed by atoms with Crippen molar-refractivity contribution < 1.29 is 46.8 Å². The van der Waals surface area contributed by atoms with Crippen molar-refractivity contribution in [2.75, 3.05) is 47.5 Å². The number of unbranched alkanes of at least 4 members (excludes halogenated alkanes) is 14. The van der Waals surface area contributed by atoms with Gasteiger partial charge in [-0.15, -0.1) is 0 Å². The Morgan fingerprint density at radius 2 is 1.24 bits per heavy atom. The number of phosphoric acid groups is 1. The lowest BCUT2D eigenvalue weighted by molar-refractivity contribution is -0.870. The summed E-state index contributed by atoms with van der Waals surface area (Å²) in [6, 6.07) is 0. The van der Waals surface area contributed by atoms with Gasteiger partial charge in [0.2, 0.25) is 0 Å². The number of carbonyl (C=O) groups excluding carboxylic acids is 2. The zero-order valence-electron chi connectivity index (χ0n) is 34.9. The minimum Gasteiger partial charge on any atom is -0.462 e. The molecule has 0 saturated carbocycles. The van der Waals surface area contributed by atoms with E-state index in [9.17, 15) is 19.0 Å². The summed E-state index contributed by atoms with van der Waals surface area (Å²) in [5.74, 6) is -0.874. The quantitative estimate of drug-likeness (QED) is 0.0164. The molecule has 0 aromatic carbocycles. The van der Waals surface area contributed by atoms with E-state index in [1.54, 1.807) is 0 Å². The third-order valence-electron chi connectivity index (χ3n) is 9.35. The second kappa shape index (κ2) is 32.3. The number of phosphoric ester groups is 1. The zero-order chi connectivity index (χ0) is 39.8. The average molecular weight is 785 g/mol. The minimum atomic E-state index is -4.39. The maximum absolute atomic E-state index is 12.7. The van der Waals surface area contributed by atoms with Gasteiger partial charge in [0.05, 0.1) is 40.0 Å². The van der Waals surface area contributed by atoms with Crippen LogP contribution in [0.2, 0.25) is 0 Å². The van der Waals surface area contributed by atoms with E-state index in [1.807, 2.05) is 21.1 Å². The van der Waals surface area contributed by atoms with E-state index >= 15 is 0 Å². The first-order valence-corrected chi connectivity index (χ1v) is 22.8. The molecule has 0 aliphatic carbocycles. The Hall–Kier alpha value is -1.81. The SMILES string of the molecule is CCCCC/C=C\C/C=C\C/C=C\CC1OC1CCCC(=O)OC[C@H](COP(=O)(O)OCC[N+](C)(C)C)OC(=O)CCCCCCCCCCCCCC. The predicted octanol–water partition coefficient (Wildman–Crippen LogP) is 10.7. The molecule has 1 N–H and O–H groups in total. The molecule has 10 nitrogen and oxygen atoms in total. The van der Waals surface area contributed by atoms with Gasteiger partial charge in [-0.1, -0.05) is 134 Å². The van der Waals surface area contributed by atoms with Crippen molar-refractivity contribution in [2.24, 2.45) is 0 Å². The van der Waals surface area contributed by atoms with Gasteiger partial charge < -0.3 is 23.6 Å². The molecule has 0 amide bonds. The molecule has 1 aliphatic heterocycles.